The summed E-state index contributed by atoms with van der Waals surface area (Å²) in [5.74, 6) is -0.140. The van der Waals surface area contributed by atoms with Crippen molar-refractivity contribution >= 4 is 15.2 Å². The minimum atomic E-state index is -1.14. The largest absolute Gasteiger partial charge is 0.394 e. The fraction of sp³-hybridized carbons (Fsp3) is 0.857. The fourth-order valence-electron chi connectivity index (χ4n) is 2.99. The van der Waals surface area contributed by atoms with E-state index in [1.807, 2.05) is 9.47 Å². The lowest BCUT2D eigenvalue weighted by Gasteiger charge is -2.18. The lowest BCUT2D eigenvalue weighted by molar-refractivity contribution is -0.131. The number of rotatable bonds is 19. The van der Waals surface area contributed by atoms with Gasteiger partial charge >= 0.3 is 0 Å². The third-order valence-electron chi connectivity index (χ3n) is 4.69. The zero-order valence-electron chi connectivity index (χ0n) is 16.7. The van der Waals surface area contributed by atoms with Gasteiger partial charge in [0.15, 0.2) is 5.78 Å². The number of carbonyl (C=O) groups is 1. The summed E-state index contributed by atoms with van der Waals surface area (Å²) < 4.78 is 4.89. The maximum atomic E-state index is 11.9. The molecule has 0 aliphatic heterocycles. The molecular formula is C21H41O4P. The first kappa shape index (κ1) is 25.7. The third kappa shape index (κ3) is 14.8. The van der Waals surface area contributed by atoms with Gasteiger partial charge in [0.2, 0.25) is 0 Å². The molecule has 2 N–H and O–H groups in total. The zero-order valence-corrected chi connectivity index (χ0v) is 17.9. The summed E-state index contributed by atoms with van der Waals surface area (Å²) in [6.45, 7) is 1.79. The number of carbonyl (C=O) groups excluding carboxylic acids is 1. The van der Waals surface area contributed by atoms with Gasteiger partial charge in [-0.1, -0.05) is 70.4 Å². The highest BCUT2D eigenvalue weighted by atomic mass is 31.0. The molecule has 3 atom stereocenters. The molecule has 0 spiro atoms. The van der Waals surface area contributed by atoms with Gasteiger partial charge in [-0.2, -0.15) is 0 Å². The van der Waals surface area contributed by atoms with E-state index in [0.717, 1.165) is 25.7 Å². The van der Waals surface area contributed by atoms with Crippen LogP contribution in [0.2, 0.25) is 0 Å². The second-order valence-electron chi connectivity index (χ2n) is 7.11. The van der Waals surface area contributed by atoms with Gasteiger partial charge in [-0.15, -0.1) is 0 Å². The molecular weight excluding hydrogens is 347 g/mol. The van der Waals surface area contributed by atoms with Crippen LogP contribution in [0.25, 0.3) is 0 Å². The standard InChI is InChI=1S/C21H41O4P/c1-2-3-4-5-6-7-8-9-10-11-12-13-14-15-16-17-19(23)21(25-26)20(24)18-22/h9-10,20-22,24H,2-8,11-18,26H2,1H3. The first-order chi connectivity index (χ1) is 12.7. The maximum absolute atomic E-state index is 11.9. The van der Waals surface area contributed by atoms with Gasteiger partial charge in [-0.05, 0) is 32.1 Å². The number of unbranched alkanes of at least 4 members (excludes halogenated alkanes) is 11. The molecule has 0 saturated heterocycles. The van der Waals surface area contributed by atoms with E-state index in [0.29, 0.717) is 6.42 Å². The molecule has 0 rings (SSSR count). The first-order valence-corrected chi connectivity index (χ1v) is 11.0. The van der Waals surface area contributed by atoms with Crippen LogP contribution < -0.4 is 0 Å². The highest BCUT2D eigenvalue weighted by Crippen LogP contribution is 2.13. The average molecular weight is 389 g/mol. The Labute approximate surface area is 163 Å². The molecule has 154 valence electrons. The topological polar surface area (TPSA) is 66.8 Å². The molecule has 3 unspecified atom stereocenters. The molecule has 0 aliphatic rings. The van der Waals surface area contributed by atoms with E-state index in [9.17, 15) is 9.90 Å². The van der Waals surface area contributed by atoms with Crippen molar-refractivity contribution in [3.63, 3.8) is 0 Å². The Kier molecular flexibility index (Phi) is 19.3. The van der Waals surface area contributed by atoms with E-state index >= 15 is 0 Å². The highest BCUT2D eigenvalue weighted by Gasteiger charge is 2.25. The van der Waals surface area contributed by atoms with Crippen LogP contribution in [0.15, 0.2) is 12.2 Å². The number of allylic oxidation sites excluding steroid dienone is 2. The molecule has 0 amide bonds. The van der Waals surface area contributed by atoms with E-state index in [2.05, 4.69) is 19.1 Å². The zero-order chi connectivity index (χ0) is 19.5. The molecule has 0 heterocycles. The summed E-state index contributed by atoms with van der Waals surface area (Å²) in [6.07, 6.45) is 18.9. The number of hydrogen-bond acceptors (Lipinski definition) is 4. The summed E-state index contributed by atoms with van der Waals surface area (Å²) in [6, 6.07) is 0. The lowest BCUT2D eigenvalue weighted by atomic mass is 10.0. The van der Waals surface area contributed by atoms with E-state index in [1.165, 1.54) is 57.8 Å². The maximum Gasteiger partial charge on any atom is 0.164 e. The smallest absolute Gasteiger partial charge is 0.164 e. The quantitative estimate of drug-likeness (QED) is 0.183. The minimum absolute atomic E-state index is 0.140. The first-order valence-electron chi connectivity index (χ1n) is 10.5. The summed E-state index contributed by atoms with van der Waals surface area (Å²) in [7, 11) is 1.99. The molecule has 0 bridgehead atoms. The van der Waals surface area contributed by atoms with Crippen LogP contribution in [-0.2, 0) is 9.32 Å². The Bertz CT molecular complexity index is 347. The van der Waals surface area contributed by atoms with Gasteiger partial charge in [-0.25, -0.2) is 0 Å². The normalized spacial score (nSPS) is 14.0. The fourth-order valence-corrected chi connectivity index (χ4v) is 3.32. The van der Waals surface area contributed by atoms with Crippen molar-refractivity contribution in [3.05, 3.63) is 12.2 Å². The van der Waals surface area contributed by atoms with E-state index in [1.54, 1.807) is 0 Å². The lowest BCUT2D eigenvalue weighted by Crippen LogP contribution is -2.36. The van der Waals surface area contributed by atoms with Gasteiger partial charge in [0.1, 0.15) is 12.2 Å². The van der Waals surface area contributed by atoms with Crippen molar-refractivity contribution < 1.29 is 19.5 Å². The van der Waals surface area contributed by atoms with Gasteiger partial charge in [0.25, 0.3) is 0 Å². The van der Waals surface area contributed by atoms with Crippen LogP contribution >= 0.6 is 9.47 Å². The van der Waals surface area contributed by atoms with Gasteiger partial charge < -0.3 is 14.7 Å². The van der Waals surface area contributed by atoms with Gasteiger partial charge in [-0.3, -0.25) is 4.79 Å². The van der Waals surface area contributed by atoms with Crippen LogP contribution in [0.4, 0.5) is 0 Å². The van der Waals surface area contributed by atoms with Crippen molar-refractivity contribution in [1.82, 2.24) is 0 Å². The van der Waals surface area contributed by atoms with Crippen LogP contribution in [0.5, 0.6) is 0 Å². The van der Waals surface area contributed by atoms with E-state index < -0.39 is 18.8 Å². The molecule has 0 radical (unpaired) electrons. The molecule has 0 aromatic rings. The Balaban J connectivity index is 3.42. The number of Topliss-reactive ketones (excluding diaryl/α,β-unsaturated/α-hetero) is 1. The van der Waals surface area contributed by atoms with Crippen molar-refractivity contribution in [2.75, 3.05) is 6.61 Å². The highest BCUT2D eigenvalue weighted by molar-refractivity contribution is 7.09. The molecule has 0 aromatic heterocycles. The van der Waals surface area contributed by atoms with Crippen molar-refractivity contribution in [2.24, 2.45) is 0 Å². The predicted octanol–water partition coefficient (Wildman–Crippen LogP) is 5.12. The van der Waals surface area contributed by atoms with Crippen LogP contribution in [0, 0.1) is 0 Å². The predicted molar refractivity (Wildman–Crippen MR) is 112 cm³/mol. The Morgan fingerprint density at radius 2 is 1.42 bits per heavy atom. The van der Waals surface area contributed by atoms with Crippen LogP contribution in [-0.4, -0.2) is 34.8 Å². The Hall–Kier alpha value is -0.280. The average Bonchev–Trinajstić information content (AvgIpc) is 2.65. The van der Waals surface area contributed by atoms with Crippen LogP contribution in [0.1, 0.15) is 96.8 Å². The van der Waals surface area contributed by atoms with Gasteiger partial charge in [0, 0.05) is 15.9 Å². The summed E-state index contributed by atoms with van der Waals surface area (Å²) >= 11 is 0. The summed E-state index contributed by atoms with van der Waals surface area (Å²) in [5.41, 5.74) is 0. The third-order valence-corrected chi connectivity index (χ3v) is 4.98. The van der Waals surface area contributed by atoms with Gasteiger partial charge in [0.05, 0.1) is 6.61 Å². The molecule has 4 nitrogen and oxygen atoms in total. The number of ketones is 1. The molecule has 0 fully saturated rings. The molecule has 0 aromatic carbocycles. The van der Waals surface area contributed by atoms with Crippen molar-refractivity contribution in [1.29, 1.82) is 0 Å². The number of aliphatic hydroxyl groups excluding tert-OH is 2. The Morgan fingerprint density at radius 1 is 0.923 bits per heavy atom. The van der Waals surface area contributed by atoms with Crippen LogP contribution in [0.3, 0.4) is 0 Å². The SMILES string of the molecule is CCCCCCCCC=CCCCCCCCC(=O)C(OP)C(O)CO. The minimum Gasteiger partial charge on any atom is -0.394 e. The van der Waals surface area contributed by atoms with Crippen molar-refractivity contribution in [2.45, 2.75) is 109 Å². The summed E-state index contributed by atoms with van der Waals surface area (Å²) in [4.78, 5) is 11.9. The number of hydrogen-bond donors (Lipinski definition) is 2. The van der Waals surface area contributed by atoms with E-state index in [-0.39, 0.29) is 5.78 Å². The molecule has 0 aliphatic carbocycles. The molecule has 0 saturated carbocycles. The summed E-state index contributed by atoms with van der Waals surface area (Å²) in [5, 5.41) is 18.4. The second-order valence-corrected chi connectivity index (χ2v) is 7.38. The Morgan fingerprint density at radius 3 is 1.92 bits per heavy atom. The number of aliphatic hydroxyl groups is 2. The van der Waals surface area contributed by atoms with E-state index in [4.69, 9.17) is 9.63 Å². The monoisotopic (exact) mass is 388 g/mol. The van der Waals surface area contributed by atoms with Crippen molar-refractivity contribution in [3.8, 4) is 0 Å². The molecule has 26 heavy (non-hydrogen) atoms. The molecule has 5 heteroatoms. The second kappa shape index (κ2) is 19.5.